The third-order valence-corrected chi connectivity index (χ3v) is 3.78. The van der Waals surface area contributed by atoms with Gasteiger partial charge in [0.2, 0.25) is 5.91 Å². The van der Waals surface area contributed by atoms with Crippen LogP contribution in [-0.2, 0) is 9.53 Å². The maximum atomic E-state index is 11.9. The van der Waals surface area contributed by atoms with Crippen LogP contribution in [0.2, 0.25) is 0 Å². The number of carbonyl (C=O) groups excluding carboxylic acids is 1. The van der Waals surface area contributed by atoms with Crippen LogP contribution in [0.25, 0.3) is 0 Å². The standard InChI is InChI=1S/C14H28N2O2/c1-3-18-9-5-7-13(17)16-14(11-15)8-4-6-12(2)10-14/h12H,3-11,15H2,1-2H3,(H,16,17). The number of nitrogens with one attached hydrogen (secondary N) is 1. The smallest absolute Gasteiger partial charge is 0.220 e. The monoisotopic (exact) mass is 256 g/mol. The van der Waals surface area contributed by atoms with E-state index in [9.17, 15) is 4.79 Å². The lowest BCUT2D eigenvalue weighted by Crippen LogP contribution is -2.56. The molecule has 0 aliphatic heterocycles. The zero-order chi connectivity index (χ0) is 13.4. The van der Waals surface area contributed by atoms with Gasteiger partial charge in [-0.05, 0) is 32.1 Å². The molecule has 0 saturated heterocycles. The average Bonchev–Trinajstić information content (AvgIpc) is 2.34. The first-order chi connectivity index (χ1) is 8.62. The van der Waals surface area contributed by atoms with Crippen LogP contribution in [0.3, 0.4) is 0 Å². The fourth-order valence-electron chi connectivity index (χ4n) is 2.85. The third-order valence-electron chi connectivity index (χ3n) is 3.78. The minimum Gasteiger partial charge on any atom is -0.382 e. The molecule has 106 valence electrons. The van der Waals surface area contributed by atoms with Gasteiger partial charge in [0, 0.05) is 26.2 Å². The molecule has 3 N–H and O–H groups in total. The Hall–Kier alpha value is -0.610. The van der Waals surface area contributed by atoms with Crippen LogP contribution >= 0.6 is 0 Å². The first-order valence-corrected chi connectivity index (χ1v) is 7.20. The first kappa shape index (κ1) is 15.4. The molecule has 1 aliphatic rings. The lowest BCUT2D eigenvalue weighted by molar-refractivity contribution is -0.123. The highest BCUT2D eigenvalue weighted by Crippen LogP contribution is 2.31. The zero-order valence-corrected chi connectivity index (χ0v) is 11.8. The Morgan fingerprint density at radius 2 is 2.33 bits per heavy atom. The number of rotatable bonds is 7. The van der Waals surface area contributed by atoms with E-state index in [1.165, 1.54) is 6.42 Å². The SMILES string of the molecule is CCOCCCC(=O)NC1(CN)CCCC(C)C1. The van der Waals surface area contributed by atoms with Crippen LogP contribution in [-0.4, -0.2) is 31.2 Å². The summed E-state index contributed by atoms with van der Waals surface area (Å²) in [5.74, 6) is 0.778. The highest BCUT2D eigenvalue weighted by atomic mass is 16.5. The lowest BCUT2D eigenvalue weighted by atomic mass is 9.76. The molecule has 1 saturated carbocycles. The van der Waals surface area contributed by atoms with Crippen molar-refractivity contribution in [3.8, 4) is 0 Å². The average molecular weight is 256 g/mol. The molecule has 1 amide bonds. The molecule has 4 heteroatoms. The maximum Gasteiger partial charge on any atom is 0.220 e. The molecule has 18 heavy (non-hydrogen) atoms. The Labute approximate surface area is 111 Å². The number of carbonyl (C=O) groups is 1. The topological polar surface area (TPSA) is 64.3 Å². The molecule has 0 spiro atoms. The summed E-state index contributed by atoms with van der Waals surface area (Å²) in [6.07, 6.45) is 5.78. The fraction of sp³-hybridized carbons (Fsp3) is 0.929. The molecule has 2 atom stereocenters. The quantitative estimate of drug-likeness (QED) is 0.683. The molecule has 4 nitrogen and oxygen atoms in total. The van der Waals surface area contributed by atoms with Gasteiger partial charge in [-0.15, -0.1) is 0 Å². The molecule has 1 aliphatic carbocycles. The summed E-state index contributed by atoms with van der Waals surface area (Å²) in [6, 6.07) is 0. The molecule has 1 rings (SSSR count). The van der Waals surface area contributed by atoms with E-state index in [0.717, 1.165) is 25.7 Å². The normalized spacial score (nSPS) is 28.1. The second kappa shape index (κ2) is 7.74. The van der Waals surface area contributed by atoms with Gasteiger partial charge in [0.15, 0.2) is 0 Å². The van der Waals surface area contributed by atoms with Gasteiger partial charge in [0.1, 0.15) is 0 Å². The van der Waals surface area contributed by atoms with Crippen molar-refractivity contribution in [3.63, 3.8) is 0 Å². The Balaban J connectivity index is 2.35. The zero-order valence-electron chi connectivity index (χ0n) is 11.8. The van der Waals surface area contributed by atoms with Crippen molar-refractivity contribution in [2.45, 2.75) is 57.9 Å². The summed E-state index contributed by atoms with van der Waals surface area (Å²) in [7, 11) is 0. The number of nitrogens with two attached hydrogens (primary N) is 1. The molecular formula is C14H28N2O2. The summed E-state index contributed by atoms with van der Waals surface area (Å²) >= 11 is 0. The van der Waals surface area contributed by atoms with Gasteiger partial charge in [-0.25, -0.2) is 0 Å². The Bertz CT molecular complexity index is 258. The number of hydrogen-bond acceptors (Lipinski definition) is 3. The highest BCUT2D eigenvalue weighted by Gasteiger charge is 2.34. The van der Waals surface area contributed by atoms with E-state index >= 15 is 0 Å². The van der Waals surface area contributed by atoms with E-state index in [-0.39, 0.29) is 11.4 Å². The van der Waals surface area contributed by atoms with E-state index in [1.54, 1.807) is 0 Å². The molecule has 0 radical (unpaired) electrons. The van der Waals surface area contributed by atoms with Crippen LogP contribution in [0.15, 0.2) is 0 Å². The van der Waals surface area contributed by atoms with E-state index in [2.05, 4.69) is 12.2 Å². The molecule has 0 aromatic rings. The molecule has 0 bridgehead atoms. The van der Waals surface area contributed by atoms with Gasteiger partial charge in [-0.1, -0.05) is 19.8 Å². The van der Waals surface area contributed by atoms with Gasteiger partial charge in [0.25, 0.3) is 0 Å². The minimum absolute atomic E-state index is 0.120. The van der Waals surface area contributed by atoms with Gasteiger partial charge in [-0.3, -0.25) is 4.79 Å². The second-order valence-corrected chi connectivity index (χ2v) is 5.53. The number of ether oxygens (including phenoxy) is 1. The summed E-state index contributed by atoms with van der Waals surface area (Å²) in [4.78, 5) is 11.9. The molecule has 0 aromatic heterocycles. The van der Waals surface area contributed by atoms with Crippen LogP contribution in [0, 0.1) is 5.92 Å². The van der Waals surface area contributed by atoms with E-state index in [0.29, 0.717) is 32.1 Å². The van der Waals surface area contributed by atoms with E-state index < -0.39 is 0 Å². The van der Waals surface area contributed by atoms with Crippen molar-refractivity contribution in [1.29, 1.82) is 0 Å². The van der Waals surface area contributed by atoms with Crippen molar-refractivity contribution in [2.75, 3.05) is 19.8 Å². The maximum absolute atomic E-state index is 11.9. The highest BCUT2D eigenvalue weighted by molar-refractivity contribution is 5.76. The Morgan fingerprint density at radius 1 is 1.56 bits per heavy atom. The van der Waals surface area contributed by atoms with E-state index in [4.69, 9.17) is 10.5 Å². The van der Waals surface area contributed by atoms with Gasteiger partial charge in [0.05, 0.1) is 5.54 Å². The summed E-state index contributed by atoms with van der Waals surface area (Å²) in [6.45, 7) is 6.13. The largest absolute Gasteiger partial charge is 0.382 e. The predicted molar refractivity (Wildman–Crippen MR) is 73.3 cm³/mol. The molecule has 0 heterocycles. The number of amides is 1. The van der Waals surface area contributed by atoms with Gasteiger partial charge >= 0.3 is 0 Å². The van der Waals surface area contributed by atoms with E-state index in [1.807, 2.05) is 6.92 Å². The summed E-state index contributed by atoms with van der Waals surface area (Å²) in [5.41, 5.74) is 5.73. The Morgan fingerprint density at radius 3 is 2.94 bits per heavy atom. The molecule has 1 fully saturated rings. The number of hydrogen-bond donors (Lipinski definition) is 2. The van der Waals surface area contributed by atoms with Crippen molar-refractivity contribution < 1.29 is 9.53 Å². The van der Waals surface area contributed by atoms with Gasteiger partial charge < -0.3 is 15.8 Å². The molecule has 2 unspecified atom stereocenters. The van der Waals surface area contributed by atoms with Crippen LogP contribution in [0.4, 0.5) is 0 Å². The summed E-state index contributed by atoms with van der Waals surface area (Å²) < 4.78 is 5.24. The summed E-state index contributed by atoms with van der Waals surface area (Å²) in [5, 5.41) is 3.17. The second-order valence-electron chi connectivity index (χ2n) is 5.53. The minimum atomic E-state index is -0.152. The van der Waals surface area contributed by atoms with Crippen molar-refractivity contribution in [3.05, 3.63) is 0 Å². The first-order valence-electron chi connectivity index (χ1n) is 7.20. The van der Waals surface area contributed by atoms with Crippen LogP contribution < -0.4 is 11.1 Å². The molecule has 0 aromatic carbocycles. The van der Waals surface area contributed by atoms with Crippen molar-refractivity contribution in [2.24, 2.45) is 11.7 Å². The van der Waals surface area contributed by atoms with Crippen LogP contribution in [0.1, 0.15) is 52.4 Å². The fourth-order valence-corrected chi connectivity index (χ4v) is 2.85. The third kappa shape index (κ3) is 4.94. The lowest BCUT2D eigenvalue weighted by Gasteiger charge is -2.40. The predicted octanol–water partition coefficient (Wildman–Crippen LogP) is 1.83. The van der Waals surface area contributed by atoms with Crippen LogP contribution in [0.5, 0.6) is 0 Å². The van der Waals surface area contributed by atoms with Gasteiger partial charge in [-0.2, -0.15) is 0 Å². The molecular weight excluding hydrogens is 228 g/mol. The Kier molecular flexibility index (Phi) is 6.65. The van der Waals surface area contributed by atoms with Crippen molar-refractivity contribution in [1.82, 2.24) is 5.32 Å². The van der Waals surface area contributed by atoms with Crippen molar-refractivity contribution >= 4 is 5.91 Å².